The molecule has 1 saturated heterocycles. The molecule has 0 spiro atoms. The fourth-order valence-corrected chi connectivity index (χ4v) is 2.98. The van der Waals surface area contributed by atoms with Crippen molar-refractivity contribution in [2.75, 3.05) is 6.54 Å². The van der Waals surface area contributed by atoms with E-state index in [0.29, 0.717) is 20.8 Å². The summed E-state index contributed by atoms with van der Waals surface area (Å²) in [5.41, 5.74) is 0.818. The zero-order chi connectivity index (χ0) is 13.1. The molecule has 5 heteroatoms. The topological polar surface area (TPSA) is 20.3 Å². The first-order chi connectivity index (χ1) is 8.63. The monoisotopic (exact) mass is 295 g/mol. The molecule has 1 amide bonds. The number of nitrogens with zero attached hydrogens (tertiary/aromatic N) is 1. The smallest absolute Gasteiger partial charge is 0.266 e. The maximum Gasteiger partial charge on any atom is 0.266 e. The number of rotatable bonds is 3. The highest BCUT2D eigenvalue weighted by molar-refractivity contribution is 8.26. The molecule has 1 heterocycles. The molecular formula is C13H10ClNOS2. The number of thioether (sulfide) groups is 1. The first-order valence-electron chi connectivity index (χ1n) is 5.24. The molecule has 1 fully saturated rings. The van der Waals surface area contributed by atoms with Crippen molar-refractivity contribution in [2.45, 2.75) is 0 Å². The normalized spacial score (nSPS) is 17.6. The molecule has 92 valence electrons. The Morgan fingerprint density at radius 3 is 2.83 bits per heavy atom. The Balaban J connectivity index is 2.31. The standard InChI is InChI=1S/C13H10ClNOS2/c1-2-7-15-12(16)11(18-13(15)17)8-9-5-3-4-6-10(9)14/h2-6,8H,1,7H2/b11-8+. The van der Waals surface area contributed by atoms with E-state index in [0.717, 1.165) is 5.56 Å². The van der Waals surface area contributed by atoms with E-state index in [1.54, 1.807) is 18.2 Å². The van der Waals surface area contributed by atoms with Gasteiger partial charge >= 0.3 is 0 Å². The van der Waals surface area contributed by atoms with Gasteiger partial charge in [-0.3, -0.25) is 9.69 Å². The number of carbonyl (C=O) groups excluding carboxylic acids is 1. The van der Waals surface area contributed by atoms with Crippen LogP contribution in [0.2, 0.25) is 5.02 Å². The highest BCUT2D eigenvalue weighted by atomic mass is 35.5. The van der Waals surface area contributed by atoms with Gasteiger partial charge in [0.1, 0.15) is 4.32 Å². The quantitative estimate of drug-likeness (QED) is 0.481. The van der Waals surface area contributed by atoms with Crippen LogP contribution in [0.3, 0.4) is 0 Å². The Kier molecular flexibility index (Phi) is 4.22. The molecule has 0 aromatic heterocycles. The Hall–Kier alpha value is -1.10. The second kappa shape index (κ2) is 5.69. The van der Waals surface area contributed by atoms with Crippen LogP contribution < -0.4 is 0 Å². The van der Waals surface area contributed by atoms with Crippen molar-refractivity contribution in [1.82, 2.24) is 4.90 Å². The van der Waals surface area contributed by atoms with Crippen molar-refractivity contribution >= 4 is 51.9 Å². The Morgan fingerprint density at radius 1 is 1.44 bits per heavy atom. The molecule has 1 aromatic rings. The van der Waals surface area contributed by atoms with E-state index in [1.807, 2.05) is 18.2 Å². The minimum Gasteiger partial charge on any atom is -0.289 e. The van der Waals surface area contributed by atoms with E-state index in [-0.39, 0.29) is 5.91 Å². The van der Waals surface area contributed by atoms with Gasteiger partial charge in [-0.25, -0.2) is 0 Å². The summed E-state index contributed by atoms with van der Waals surface area (Å²) in [7, 11) is 0. The van der Waals surface area contributed by atoms with Gasteiger partial charge in [0.2, 0.25) is 0 Å². The van der Waals surface area contributed by atoms with Crippen molar-refractivity contribution in [3.8, 4) is 0 Å². The van der Waals surface area contributed by atoms with Crippen LogP contribution in [0.1, 0.15) is 5.56 Å². The number of hydrogen-bond donors (Lipinski definition) is 0. The largest absolute Gasteiger partial charge is 0.289 e. The zero-order valence-electron chi connectivity index (χ0n) is 9.43. The van der Waals surface area contributed by atoms with Crippen LogP contribution in [0.5, 0.6) is 0 Å². The molecule has 0 bridgehead atoms. The van der Waals surface area contributed by atoms with Crippen molar-refractivity contribution < 1.29 is 4.79 Å². The van der Waals surface area contributed by atoms with Crippen LogP contribution in [0.4, 0.5) is 0 Å². The molecule has 0 saturated carbocycles. The maximum absolute atomic E-state index is 12.1. The third-order valence-corrected chi connectivity index (χ3v) is 4.10. The lowest BCUT2D eigenvalue weighted by atomic mass is 10.2. The third-order valence-electron chi connectivity index (χ3n) is 2.38. The molecular weight excluding hydrogens is 286 g/mol. The molecule has 18 heavy (non-hydrogen) atoms. The number of hydrogen-bond acceptors (Lipinski definition) is 3. The first-order valence-corrected chi connectivity index (χ1v) is 6.84. The molecule has 0 atom stereocenters. The van der Waals surface area contributed by atoms with Crippen LogP contribution in [0.15, 0.2) is 41.8 Å². The lowest BCUT2D eigenvalue weighted by molar-refractivity contribution is -0.121. The molecule has 2 nitrogen and oxygen atoms in total. The maximum atomic E-state index is 12.1. The van der Waals surface area contributed by atoms with Crippen LogP contribution >= 0.6 is 35.6 Å². The third kappa shape index (κ3) is 2.66. The predicted molar refractivity (Wildman–Crippen MR) is 81.5 cm³/mol. The van der Waals surface area contributed by atoms with E-state index in [9.17, 15) is 4.79 Å². The van der Waals surface area contributed by atoms with Crippen molar-refractivity contribution in [1.29, 1.82) is 0 Å². The fourth-order valence-electron chi connectivity index (χ4n) is 1.52. The van der Waals surface area contributed by atoms with Gasteiger partial charge < -0.3 is 0 Å². The second-order valence-electron chi connectivity index (χ2n) is 3.60. The van der Waals surface area contributed by atoms with Gasteiger partial charge in [-0.1, -0.05) is 59.9 Å². The molecule has 1 aromatic carbocycles. The minimum absolute atomic E-state index is 0.0928. The molecule has 0 N–H and O–H groups in total. The van der Waals surface area contributed by atoms with E-state index >= 15 is 0 Å². The predicted octanol–water partition coefficient (Wildman–Crippen LogP) is 3.73. The van der Waals surface area contributed by atoms with E-state index in [1.165, 1.54) is 16.7 Å². The van der Waals surface area contributed by atoms with E-state index < -0.39 is 0 Å². The molecule has 1 aliphatic heterocycles. The van der Waals surface area contributed by atoms with Gasteiger partial charge in [0.25, 0.3) is 5.91 Å². The summed E-state index contributed by atoms with van der Waals surface area (Å²) in [6, 6.07) is 7.38. The summed E-state index contributed by atoms with van der Waals surface area (Å²) in [4.78, 5) is 14.2. The van der Waals surface area contributed by atoms with Crippen LogP contribution in [0.25, 0.3) is 6.08 Å². The molecule has 0 aliphatic carbocycles. The average Bonchev–Trinajstić information content (AvgIpc) is 2.60. The summed E-state index contributed by atoms with van der Waals surface area (Å²) in [6.07, 6.45) is 3.42. The lowest BCUT2D eigenvalue weighted by Crippen LogP contribution is -2.27. The van der Waals surface area contributed by atoms with Gasteiger partial charge in [0.05, 0.1) is 4.91 Å². The molecule has 1 aliphatic rings. The number of amides is 1. The van der Waals surface area contributed by atoms with Gasteiger partial charge in [-0.2, -0.15) is 0 Å². The summed E-state index contributed by atoms with van der Waals surface area (Å²) in [5.74, 6) is -0.0928. The number of halogens is 1. The Bertz CT molecular complexity index is 554. The van der Waals surface area contributed by atoms with Gasteiger partial charge in [-0.15, -0.1) is 6.58 Å². The van der Waals surface area contributed by atoms with Crippen molar-refractivity contribution in [3.63, 3.8) is 0 Å². The summed E-state index contributed by atoms with van der Waals surface area (Å²) < 4.78 is 0.554. The summed E-state index contributed by atoms with van der Waals surface area (Å²) >= 11 is 12.5. The lowest BCUT2D eigenvalue weighted by Gasteiger charge is -2.10. The number of benzene rings is 1. The molecule has 2 rings (SSSR count). The first kappa shape index (κ1) is 13.3. The summed E-state index contributed by atoms with van der Waals surface area (Å²) in [6.45, 7) is 4.05. The van der Waals surface area contributed by atoms with Crippen LogP contribution in [-0.2, 0) is 4.79 Å². The summed E-state index contributed by atoms with van der Waals surface area (Å²) in [5, 5.41) is 0.617. The Labute approximate surface area is 120 Å². The molecule has 0 radical (unpaired) electrons. The van der Waals surface area contributed by atoms with Gasteiger partial charge in [-0.05, 0) is 17.7 Å². The van der Waals surface area contributed by atoms with Crippen molar-refractivity contribution in [2.24, 2.45) is 0 Å². The highest BCUT2D eigenvalue weighted by Gasteiger charge is 2.30. The van der Waals surface area contributed by atoms with Crippen LogP contribution in [0, 0.1) is 0 Å². The van der Waals surface area contributed by atoms with E-state index in [4.69, 9.17) is 23.8 Å². The van der Waals surface area contributed by atoms with Gasteiger partial charge in [0, 0.05) is 11.6 Å². The number of carbonyl (C=O) groups is 1. The zero-order valence-corrected chi connectivity index (χ0v) is 11.8. The van der Waals surface area contributed by atoms with Crippen molar-refractivity contribution in [3.05, 3.63) is 52.4 Å². The molecule has 0 unspecified atom stereocenters. The minimum atomic E-state index is -0.0928. The highest BCUT2D eigenvalue weighted by Crippen LogP contribution is 2.33. The van der Waals surface area contributed by atoms with Crippen LogP contribution in [-0.4, -0.2) is 21.7 Å². The van der Waals surface area contributed by atoms with Gasteiger partial charge in [0.15, 0.2) is 0 Å². The SMILES string of the molecule is C=CCN1C(=O)/C(=C\c2ccccc2Cl)SC1=S. The average molecular weight is 296 g/mol. The Morgan fingerprint density at radius 2 is 2.17 bits per heavy atom. The fraction of sp³-hybridized carbons (Fsp3) is 0.0769. The van der Waals surface area contributed by atoms with E-state index in [2.05, 4.69) is 6.58 Å². The second-order valence-corrected chi connectivity index (χ2v) is 5.69. The number of thiocarbonyl (C=S) groups is 1.